The number of benzene rings is 8. The number of fused-ring (bicyclic) bond motifs is 6. The first kappa shape index (κ1) is 31.1. The van der Waals surface area contributed by atoms with Gasteiger partial charge in [0, 0.05) is 21.5 Å². The van der Waals surface area contributed by atoms with Gasteiger partial charge in [0.2, 0.25) is 0 Å². The summed E-state index contributed by atoms with van der Waals surface area (Å²) in [6, 6.07) is 62.2. The summed E-state index contributed by atoms with van der Waals surface area (Å²) in [6.07, 6.45) is 0. The number of hydrogen-bond donors (Lipinski definition) is 0. The number of rotatable bonds is 5. The van der Waals surface area contributed by atoms with E-state index in [4.69, 9.17) is 8.83 Å². The van der Waals surface area contributed by atoms with E-state index in [0.717, 1.165) is 99.5 Å². The van der Waals surface area contributed by atoms with Gasteiger partial charge in [0.25, 0.3) is 0 Å². The highest BCUT2D eigenvalue weighted by molar-refractivity contribution is 6.07. The first-order chi connectivity index (χ1) is 26.6. The molecule has 0 aliphatic rings. The van der Waals surface area contributed by atoms with E-state index in [1.165, 1.54) is 0 Å². The summed E-state index contributed by atoms with van der Waals surface area (Å²) in [5, 5.41) is 24.5. The molecule has 10 rings (SSSR count). The lowest BCUT2D eigenvalue weighted by Gasteiger charge is -2.15. The molecule has 0 atom stereocenters. The van der Waals surface area contributed by atoms with Crippen molar-refractivity contribution in [2.75, 3.05) is 0 Å². The van der Waals surface area contributed by atoms with Crippen LogP contribution in [0.1, 0.15) is 11.1 Å². The molecule has 0 amide bonds. The van der Waals surface area contributed by atoms with Gasteiger partial charge in [0.05, 0.1) is 23.3 Å². The second-order valence-corrected chi connectivity index (χ2v) is 13.5. The Labute approximate surface area is 311 Å². The van der Waals surface area contributed by atoms with Crippen LogP contribution in [-0.4, -0.2) is 0 Å². The summed E-state index contributed by atoms with van der Waals surface area (Å²) in [7, 11) is 0. The summed E-state index contributed by atoms with van der Waals surface area (Å²) in [5.74, 6) is 0. The molecule has 0 aliphatic heterocycles. The largest absolute Gasteiger partial charge is 0.456 e. The molecule has 0 bridgehead atoms. The lowest BCUT2D eigenvalue weighted by Crippen LogP contribution is -1.91. The zero-order valence-corrected chi connectivity index (χ0v) is 28.9. The van der Waals surface area contributed by atoms with Crippen molar-refractivity contribution in [2.24, 2.45) is 0 Å². The van der Waals surface area contributed by atoms with Crippen LogP contribution in [0.2, 0.25) is 0 Å². The monoisotopic (exact) mass is 688 g/mol. The first-order valence-electron chi connectivity index (χ1n) is 17.8. The van der Waals surface area contributed by atoms with Crippen LogP contribution in [0.5, 0.6) is 0 Å². The van der Waals surface area contributed by atoms with Crippen molar-refractivity contribution in [3.63, 3.8) is 0 Å². The van der Waals surface area contributed by atoms with Crippen LogP contribution in [0.4, 0.5) is 0 Å². The molecule has 10 aromatic rings. The highest BCUT2D eigenvalue weighted by Gasteiger charge is 2.16. The van der Waals surface area contributed by atoms with E-state index in [1.54, 1.807) is 0 Å². The summed E-state index contributed by atoms with van der Waals surface area (Å²) in [5.41, 5.74) is 14.2. The first-order valence-corrected chi connectivity index (χ1v) is 17.8. The molecule has 8 aromatic carbocycles. The smallest absolute Gasteiger partial charge is 0.136 e. The second-order valence-electron chi connectivity index (χ2n) is 13.5. The molecule has 54 heavy (non-hydrogen) atoms. The molecular weight excluding hydrogens is 661 g/mol. The third-order valence-corrected chi connectivity index (χ3v) is 10.3. The fourth-order valence-electron chi connectivity index (χ4n) is 7.71. The van der Waals surface area contributed by atoms with Crippen molar-refractivity contribution in [2.45, 2.75) is 0 Å². The zero-order valence-electron chi connectivity index (χ0n) is 28.9. The lowest BCUT2D eigenvalue weighted by molar-refractivity contribution is 0.668. The fraction of sp³-hybridized carbons (Fsp3) is 0. The fourth-order valence-corrected chi connectivity index (χ4v) is 7.71. The molecule has 0 saturated heterocycles. The van der Waals surface area contributed by atoms with Gasteiger partial charge in [-0.15, -0.1) is 0 Å². The maximum absolute atomic E-state index is 10.1. The van der Waals surface area contributed by atoms with Crippen LogP contribution < -0.4 is 0 Å². The van der Waals surface area contributed by atoms with Gasteiger partial charge in [-0.2, -0.15) is 10.5 Å². The average molecular weight is 689 g/mol. The van der Waals surface area contributed by atoms with Crippen molar-refractivity contribution in [1.29, 1.82) is 10.5 Å². The van der Waals surface area contributed by atoms with Crippen LogP contribution in [0.3, 0.4) is 0 Å². The van der Waals surface area contributed by atoms with E-state index in [-0.39, 0.29) is 0 Å². The Balaban J connectivity index is 1.23. The van der Waals surface area contributed by atoms with E-state index < -0.39 is 0 Å². The molecule has 2 heterocycles. The predicted molar refractivity (Wildman–Crippen MR) is 218 cm³/mol. The Morgan fingerprint density at radius 3 is 1.31 bits per heavy atom. The molecule has 0 spiro atoms. The number of hydrogen-bond acceptors (Lipinski definition) is 4. The predicted octanol–water partition coefficient (Wildman–Crippen LogP) is 13.6. The Kier molecular flexibility index (Phi) is 7.22. The molecular formula is C50H28N2O2. The molecule has 0 unspecified atom stereocenters. The van der Waals surface area contributed by atoms with E-state index in [9.17, 15) is 10.5 Å². The number of nitrogens with zero attached hydrogens (tertiary/aromatic N) is 2. The Morgan fingerprint density at radius 2 is 0.704 bits per heavy atom. The molecule has 250 valence electrons. The van der Waals surface area contributed by atoms with Crippen LogP contribution in [0.25, 0.3) is 99.5 Å². The average Bonchev–Trinajstić information content (AvgIpc) is 3.81. The third kappa shape index (κ3) is 5.22. The summed E-state index contributed by atoms with van der Waals surface area (Å²) in [4.78, 5) is 0. The SMILES string of the molecule is N#Cc1ccccc1-c1cc(-c2cc(-c3ccc4c(c3)oc3ccccc34)cc(-c3ccc4oc5ccccc5c4c3)c2)cc(-c2ccccc2C#N)c1. The standard InChI is InChI=1S/C50H28N2O2/c51-29-33-9-1-3-11-41(33)39-24-38(25-40(26-39)42-12-4-2-10-34(42)30-52)37-22-35(31-18-20-49-46(27-31)44-14-6-8-16-48(44)53-49)21-36(23-37)32-17-19-45-43-13-5-7-15-47(43)54-50(45)28-32/h1-28H. The third-order valence-electron chi connectivity index (χ3n) is 10.3. The van der Waals surface area contributed by atoms with Gasteiger partial charge < -0.3 is 8.83 Å². The Hall–Kier alpha value is -7.66. The molecule has 0 fully saturated rings. The van der Waals surface area contributed by atoms with E-state index in [1.807, 2.05) is 91.0 Å². The molecule has 4 nitrogen and oxygen atoms in total. The van der Waals surface area contributed by atoms with Crippen molar-refractivity contribution < 1.29 is 8.83 Å². The quantitative estimate of drug-likeness (QED) is 0.180. The lowest BCUT2D eigenvalue weighted by atomic mass is 9.88. The van der Waals surface area contributed by atoms with Gasteiger partial charge in [-0.25, -0.2) is 0 Å². The van der Waals surface area contributed by atoms with E-state index in [0.29, 0.717) is 11.1 Å². The maximum Gasteiger partial charge on any atom is 0.136 e. The summed E-state index contributed by atoms with van der Waals surface area (Å²) in [6.45, 7) is 0. The van der Waals surface area contributed by atoms with Crippen LogP contribution in [-0.2, 0) is 0 Å². The van der Waals surface area contributed by atoms with Gasteiger partial charge in [0.1, 0.15) is 22.3 Å². The van der Waals surface area contributed by atoms with Gasteiger partial charge in [-0.3, -0.25) is 0 Å². The molecule has 0 saturated carbocycles. The number of para-hydroxylation sites is 2. The van der Waals surface area contributed by atoms with Crippen molar-refractivity contribution in [3.05, 3.63) is 181 Å². The van der Waals surface area contributed by atoms with Crippen molar-refractivity contribution in [3.8, 4) is 67.8 Å². The number of furan rings is 2. The highest BCUT2D eigenvalue weighted by atomic mass is 16.3. The van der Waals surface area contributed by atoms with Crippen molar-refractivity contribution in [1.82, 2.24) is 0 Å². The summed E-state index contributed by atoms with van der Waals surface area (Å²) >= 11 is 0. The van der Waals surface area contributed by atoms with Crippen LogP contribution in [0, 0.1) is 22.7 Å². The topological polar surface area (TPSA) is 73.9 Å². The maximum atomic E-state index is 10.1. The van der Waals surface area contributed by atoms with Crippen LogP contribution >= 0.6 is 0 Å². The van der Waals surface area contributed by atoms with Gasteiger partial charge in [-0.05, 0) is 141 Å². The minimum Gasteiger partial charge on any atom is -0.456 e. The van der Waals surface area contributed by atoms with Gasteiger partial charge in [0.15, 0.2) is 0 Å². The van der Waals surface area contributed by atoms with E-state index >= 15 is 0 Å². The normalized spacial score (nSPS) is 11.3. The van der Waals surface area contributed by atoms with Gasteiger partial charge >= 0.3 is 0 Å². The van der Waals surface area contributed by atoms with Crippen molar-refractivity contribution >= 4 is 43.9 Å². The number of nitriles is 2. The molecule has 0 aliphatic carbocycles. The Morgan fingerprint density at radius 1 is 0.296 bits per heavy atom. The highest BCUT2D eigenvalue weighted by Crippen LogP contribution is 2.41. The zero-order chi connectivity index (χ0) is 36.2. The molecule has 0 radical (unpaired) electrons. The van der Waals surface area contributed by atoms with E-state index in [2.05, 4.69) is 91.0 Å². The molecule has 0 N–H and O–H groups in total. The van der Waals surface area contributed by atoms with Gasteiger partial charge in [-0.1, -0.05) is 84.9 Å². The molecule has 4 heteroatoms. The Bertz CT molecular complexity index is 3130. The minimum absolute atomic E-state index is 0.586. The van der Waals surface area contributed by atoms with Crippen LogP contribution in [0.15, 0.2) is 179 Å². The minimum atomic E-state index is 0.586. The summed E-state index contributed by atoms with van der Waals surface area (Å²) < 4.78 is 12.5. The molecule has 2 aromatic heterocycles. The second kappa shape index (κ2) is 12.5.